The molecular formula is C26H28N2O3U. The van der Waals surface area contributed by atoms with Gasteiger partial charge in [0.05, 0.1) is 5.52 Å². The van der Waals surface area contributed by atoms with E-state index in [0.29, 0.717) is 5.92 Å². The smallest absolute Gasteiger partial charge is 0.477 e. The summed E-state index contributed by atoms with van der Waals surface area (Å²) in [5.41, 5.74) is 2.86. The summed E-state index contributed by atoms with van der Waals surface area (Å²) in [6.45, 7) is 5.20. The van der Waals surface area contributed by atoms with Gasteiger partial charge >= 0.3 is 37.1 Å². The van der Waals surface area contributed by atoms with E-state index in [9.17, 15) is 4.79 Å². The monoisotopic (exact) mass is 654 g/mol. The van der Waals surface area contributed by atoms with Crippen LogP contribution in [0.25, 0.3) is 10.9 Å². The van der Waals surface area contributed by atoms with Crippen LogP contribution in [0, 0.1) is 50.0 Å². The number of pyridine rings is 1. The van der Waals surface area contributed by atoms with Gasteiger partial charge in [-0.2, -0.15) is 36.4 Å². The molecule has 1 saturated carbocycles. The molecule has 0 unspecified atom stereocenters. The molecule has 0 saturated heterocycles. The molecule has 0 radical (unpaired) electrons. The molecule has 164 valence electrons. The molecule has 1 aromatic heterocycles. The first-order valence-corrected chi connectivity index (χ1v) is 10.6. The predicted molar refractivity (Wildman–Crippen MR) is 123 cm³/mol. The maximum absolute atomic E-state index is 10.8. The second-order valence-corrected chi connectivity index (χ2v) is 7.73. The van der Waals surface area contributed by atoms with Crippen molar-refractivity contribution in [3.8, 4) is 0 Å². The zero-order valence-electron chi connectivity index (χ0n) is 18.3. The molecule has 0 amide bonds. The topological polar surface area (TPSA) is 71.8 Å². The molecule has 1 aliphatic carbocycles. The summed E-state index contributed by atoms with van der Waals surface area (Å²) in [5.74, 6) is -0.648. The van der Waals surface area contributed by atoms with Crippen molar-refractivity contribution in [1.29, 1.82) is 0 Å². The molecule has 1 fully saturated rings. The first-order valence-electron chi connectivity index (χ1n) is 10.6. The minimum absolute atomic E-state index is 0. The van der Waals surface area contributed by atoms with Gasteiger partial charge in [-0.05, 0) is 31.2 Å². The van der Waals surface area contributed by atoms with E-state index in [0.717, 1.165) is 29.6 Å². The van der Waals surface area contributed by atoms with Gasteiger partial charge in [0, 0.05) is 5.92 Å². The van der Waals surface area contributed by atoms with Crippen LogP contribution in [0.15, 0.2) is 65.8 Å². The fourth-order valence-corrected chi connectivity index (χ4v) is 3.73. The third-order valence-electron chi connectivity index (χ3n) is 5.42. The van der Waals surface area contributed by atoms with Crippen molar-refractivity contribution in [3.63, 3.8) is 0 Å². The van der Waals surface area contributed by atoms with Gasteiger partial charge in [0.2, 0.25) is 0 Å². The van der Waals surface area contributed by atoms with E-state index < -0.39 is 5.97 Å². The van der Waals surface area contributed by atoms with Crippen molar-refractivity contribution in [3.05, 3.63) is 84.9 Å². The maximum atomic E-state index is 10.8. The van der Waals surface area contributed by atoms with Crippen molar-refractivity contribution >= 4 is 22.6 Å². The van der Waals surface area contributed by atoms with Crippen molar-refractivity contribution in [2.24, 2.45) is 11.1 Å². The van der Waals surface area contributed by atoms with E-state index in [-0.39, 0.29) is 42.9 Å². The zero-order valence-corrected chi connectivity index (χ0v) is 22.5. The number of aromatic nitrogens is 1. The quantitative estimate of drug-likeness (QED) is 0.208. The molecule has 1 aliphatic rings. The van der Waals surface area contributed by atoms with Crippen molar-refractivity contribution in [2.75, 3.05) is 0 Å². The number of carboxylic acids is 1. The van der Waals surface area contributed by atoms with E-state index in [4.69, 9.17) is 9.94 Å². The molecule has 1 N–H and O–H groups in total. The fraction of sp³-hybridized carbons (Fsp3) is 0.308. The Labute approximate surface area is 213 Å². The standard InChI is InChI=1S/C16H20NO3.C10H8N.U/c1-12(16(18)19)17-20-15(13-8-4-2-5-9-13)14-10-6-3-7-11-14;1-8-6-7-9-4-2-3-5-10(9)11-8;/h6-7,10-11,13,15H,2,4-5,8-9H2,1H3,(H,18,19);2-7H,1H2;/q2*-1;+2/b17-12+;;/t15-;;/m0../s1. The summed E-state index contributed by atoms with van der Waals surface area (Å²) in [7, 11) is 0. The Kier molecular flexibility index (Phi) is 10.8. The summed E-state index contributed by atoms with van der Waals surface area (Å²) in [5, 5.41) is 13.8. The molecule has 3 aromatic rings. The Morgan fingerprint density at radius 3 is 2.50 bits per heavy atom. The van der Waals surface area contributed by atoms with Crippen molar-refractivity contribution in [2.45, 2.75) is 45.1 Å². The number of oxime groups is 1. The van der Waals surface area contributed by atoms with E-state index in [1.54, 1.807) is 0 Å². The number of hydrogen-bond donors (Lipinski definition) is 1. The third-order valence-corrected chi connectivity index (χ3v) is 5.42. The number of aliphatic carboxylic acids is 1. The van der Waals surface area contributed by atoms with Gasteiger partial charge in [-0.3, -0.25) is 4.98 Å². The molecule has 1 atom stereocenters. The molecule has 1 heterocycles. The van der Waals surface area contributed by atoms with E-state index in [2.05, 4.69) is 23.1 Å². The number of para-hydroxylation sites is 1. The average Bonchev–Trinajstić information content (AvgIpc) is 2.81. The Balaban J connectivity index is 0.000000255. The van der Waals surface area contributed by atoms with Crippen LogP contribution >= 0.6 is 0 Å². The molecule has 0 spiro atoms. The Morgan fingerprint density at radius 1 is 1.12 bits per heavy atom. The van der Waals surface area contributed by atoms with E-state index in [1.165, 1.54) is 31.6 Å². The third kappa shape index (κ3) is 7.69. The van der Waals surface area contributed by atoms with Crippen LogP contribution in [0.3, 0.4) is 0 Å². The zero-order chi connectivity index (χ0) is 22.1. The molecule has 32 heavy (non-hydrogen) atoms. The van der Waals surface area contributed by atoms with Gasteiger partial charge in [-0.15, -0.1) is 17.3 Å². The number of carbonyl (C=O) groups is 1. The first-order chi connectivity index (χ1) is 15.0. The molecule has 4 rings (SSSR count). The van der Waals surface area contributed by atoms with Gasteiger partial charge in [-0.1, -0.05) is 42.6 Å². The number of rotatable bonds is 5. The van der Waals surface area contributed by atoms with Crippen molar-refractivity contribution in [1.82, 2.24) is 4.98 Å². The second-order valence-electron chi connectivity index (χ2n) is 7.73. The summed E-state index contributed by atoms with van der Waals surface area (Å²) >= 11 is 0. The second kappa shape index (κ2) is 13.3. The van der Waals surface area contributed by atoms with Crippen LogP contribution in [0.1, 0.15) is 56.4 Å². The maximum Gasteiger partial charge on any atom is 2.00 e. The molecule has 0 aliphatic heterocycles. The Hall–Kier alpha value is -2.29. The molecule has 2 aromatic carbocycles. The fourth-order valence-electron chi connectivity index (χ4n) is 3.73. The minimum atomic E-state index is -1.05. The average molecular weight is 655 g/mol. The normalized spacial score (nSPS) is 15.1. The van der Waals surface area contributed by atoms with Crippen LogP contribution in [0.4, 0.5) is 0 Å². The first kappa shape index (κ1) is 26.0. The van der Waals surface area contributed by atoms with Crippen LogP contribution in [-0.2, 0) is 9.63 Å². The van der Waals surface area contributed by atoms with E-state index in [1.807, 2.05) is 60.7 Å². The Morgan fingerprint density at radius 2 is 1.81 bits per heavy atom. The number of benzene rings is 2. The van der Waals surface area contributed by atoms with Crippen LogP contribution in [-0.4, -0.2) is 21.8 Å². The molecule has 0 bridgehead atoms. The van der Waals surface area contributed by atoms with Gasteiger partial charge in [-0.25, -0.2) is 11.7 Å². The predicted octanol–water partition coefficient (Wildman–Crippen LogP) is 6.00. The summed E-state index contributed by atoms with van der Waals surface area (Å²) < 4.78 is 0. The number of fused-ring (bicyclic) bond motifs is 1. The summed E-state index contributed by atoms with van der Waals surface area (Å²) in [6, 6.07) is 22.6. The van der Waals surface area contributed by atoms with E-state index >= 15 is 0 Å². The number of nitrogens with zero attached hydrogens (tertiary/aromatic N) is 2. The molecular weight excluding hydrogens is 626 g/mol. The van der Waals surface area contributed by atoms with Crippen molar-refractivity contribution < 1.29 is 45.9 Å². The Bertz CT molecular complexity index is 1020. The molecule has 5 nitrogen and oxygen atoms in total. The molecule has 6 heteroatoms. The minimum Gasteiger partial charge on any atom is -0.477 e. The summed E-state index contributed by atoms with van der Waals surface area (Å²) in [4.78, 5) is 20.7. The van der Waals surface area contributed by atoms with Gasteiger partial charge in [0.1, 0.15) is 6.10 Å². The SMILES string of the molecule is C/C(=N\O[C@H](c1cc[c-]cc1)C1CCCCC1)C(=O)O.[CH2-]c1ccc2ccccc2n1.[U+2]. The van der Waals surface area contributed by atoms with Gasteiger partial charge in [0.25, 0.3) is 0 Å². The van der Waals surface area contributed by atoms with Crippen LogP contribution in [0.2, 0.25) is 0 Å². The largest absolute Gasteiger partial charge is 2.00 e. The van der Waals surface area contributed by atoms with Gasteiger partial charge < -0.3 is 9.94 Å². The van der Waals surface area contributed by atoms with Gasteiger partial charge in [0.15, 0.2) is 5.71 Å². The van der Waals surface area contributed by atoms with Crippen LogP contribution < -0.4 is 0 Å². The number of hydrogen-bond acceptors (Lipinski definition) is 4. The van der Waals surface area contributed by atoms with Crippen LogP contribution in [0.5, 0.6) is 0 Å². The summed E-state index contributed by atoms with van der Waals surface area (Å²) in [6.07, 6.45) is 5.70. The number of carboxylic acid groups (broad SMARTS) is 1.